The number of amides is 1. The van der Waals surface area contributed by atoms with Crippen LogP contribution in [0.3, 0.4) is 0 Å². The molecule has 0 unspecified atom stereocenters. The van der Waals surface area contributed by atoms with Crippen molar-refractivity contribution < 1.29 is 19.0 Å². The minimum atomic E-state index is -0.721. The molecule has 0 aliphatic rings. The van der Waals surface area contributed by atoms with Crippen molar-refractivity contribution in [3.8, 4) is 16.9 Å². The van der Waals surface area contributed by atoms with E-state index in [-0.39, 0.29) is 12.2 Å². The number of H-pyrrole nitrogens is 1. The molecular formula is C28H29ClFN5O3. The Morgan fingerprint density at radius 2 is 1.97 bits per heavy atom. The number of carbonyl (C=O) groups is 1. The second kappa shape index (κ2) is 11.7. The van der Waals surface area contributed by atoms with Crippen LogP contribution >= 0.6 is 11.6 Å². The molecule has 0 atom stereocenters. The number of halogens is 2. The number of aliphatic hydroxyl groups is 1. The molecule has 0 aliphatic carbocycles. The van der Waals surface area contributed by atoms with Crippen molar-refractivity contribution in [3.63, 3.8) is 0 Å². The fourth-order valence-corrected chi connectivity index (χ4v) is 4.07. The third kappa shape index (κ3) is 7.36. The average Bonchev–Trinajstić information content (AvgIpc) is 3.33. The van der Waals surface area contributed by atoms with Crippen LogP contribution < -0.4 is 10.1 Å². The minimum Gasteiger partial charge on any atom is -0.494 e. The van der Waals surface area contributed by atoms with E-state index in [2.05, 4.69) is 25.5 Å². The average molecular weight is 538 g/mol. The van der Waals surface area contributed by atoms with Crippen LogP contribution in [0.4, 0.5) is 10.2 Å². The lowest BCUT2D eigenvalue weighted by Gasteiger charge is -2.17. The molecule has 10 heteroatoms. The smallest absolute Gasteiger partial charge is 0.294 e. The van der Waals surface area contributed by atoms with E-state index in [0.717, 1.165) is 23.1 Å². The molecule has 38 heavy (non-hydrogen) atoms. The van der Waals surface area contributed by atoms with E-state index in [0.29, 0.717) is 41.0 Å². The minimum absolute atomic E-state index is 0.0210. The van der Waals surface area contributed by atoms with Gasteiger partial charge in [0.25, 0.3) is 5.91 Å². The number of benzene rings is 2. The van der Waals surface area contributed by atoms with Gasteiger partial charge in [-0.25, -0.2) is 9.37 Å². The molecule has 0 bridgehead atoms. The summed E-state index contributed by atoms with van der Waals surface area (Å²) in [6, 6.07) is 13.7. The van der Waals surface area contributed by atoms with Gasteiger partial charge in [-0.3, -0.25) is 4.79 Å². The normalized spacial score (nSPS) is 11.4. The highest BCUT2D eigenvalue weighted by Gasteiger charge is 2.16. The molecule has 0 aliphatic heterocycles. The number of ether oxygens (including phenoxy) is 1. The summed E-state index contributed by atoms with van der Waals surface area (Å²) in [4.78, 5) is 19.8. The van der Waals surface area contributed by atoms with E-state index in [1.54, 1.807) is 26.1 Å². The van der Waals surface area contributed by atoms with Crippen molar-refractivity contribution in [1.82, 2.24) is 20.2 Å². The van der Waals surface area contributed by atoms with Gasteiger partial charge in [-0.1, -0.05) is 17.7 Å². The van der Waals surface area contributed by atoms with Crippen LogP contribution in [0.25, 0.3) is 11.1 Å². The molecule has 2 aromatic heterocycles. The van der Waals surface area contributed by atoms with Gasteiger partial charge in [0.05, 0.1) is 12.2 Å². The van der Waals surface area contributed by atoms with Gasteiger partial charge < -0.3 is 20.1 Å². The summed E-state index contributed by atoms with van der Waals surface area (Å²) >= 11 is 5.95. The van der Waals surface area contributed by atoms with Gasteiger partial charge in [0, 0.05) is 17.6 Å². The number of hydrogen-bond donors (Lipinski definition) is 3. The summed E-state index contributed by atoms with van der Waals surface area (Å²) in [5.41, 5.74) is 2.44. The van der Waals surface area contributed by atoms with E-state index >= 15 is 0 Å². The van der Waals surface area contributed by atoms with Gasteiger partial charge in [-0.2, -0.15) is 0 Å². The molecular weight excluding hydrogens is 509 g/mol. The zero-order chi connectivity index (χ0) is 27.3. The quantitative estimate of drug-likeness (QED) is 0.222. The lowest BCUT2D eigenvalue weighted by Crippen LogP contribution is -2.19. The van der Waals surface area contributed by atoms with Gasteiger partial charge in [0.2, 0.25) is 5.82 Å². The van der Waals surface area contributed by atoms with E-state index in [1.165, 1.54) is 18.2 Å². The number of rotatable bonds is 10. The Kier molecular flexibility index (Phi) is 8.38. The van der Waals surface area contributed by atoms with Crippen molar-refractivity contribution in [3.05, 3.63) is 88.3 Å². The van der Waals surface area contributed by atoms with Crippen LogP contribution in [0.15, 0.2) is 54.7 Å². The number of aromatic amines is 1. The Hall–Kier alpha value is -3.82. The van der Waals surface area contributed by atoms with E-state index in [4.69, 9.17) is 16.3 Å². The summed E-state index contributed by atoms with van der Waals surface area (Å²) in [5.74, 6) is 0.411. The lowest BCUT2D eigenvalue weighted by molar-refractivity contribution is 0.0641. The van der Waals surface area contributed by atoms with Crippen molar-refractivity contribution >= 4 is 23.3 Å². The monoisotopic (exact) mass is 537 g/mol. The lowest BCUT2D eigenvalue weighted by atomic mass is 10.0. The summed E-state index contributed by atoms with van der Waals surface area (Å²) < 4.78 is 19.9. The second-order valence-corrected chi connectivity index (χ2v) is 10.1. The topological polar surface area (TPSA) is 113 Å². The standard InChI is InChI=1S/C28H29ClFN5O3/c1-17-5-7-21(38-12-4-10-28(2,3)37)16-22(17)18-9-11-31-24(14-18)33-27(36)26-32-25(34-35-26)15-19-13-20(29)6-8-23(19)30/h5-9,11,13-14,16,37H,4,10,12,15H2,1-3H3,(H,31,33,36)(H,32,34,35). The SMILES string of the molecule is Cc1ccc(OCCCC(C)(C)O)cc1-c1ccnc(NC(=O)c2nnc(Cc3cc(Cl)ccc3F)[nH]2)c1. The molecule has 0 spiro atoms. The molecule has 0 fully saturated rings. The van der Waals surface area contributed by atoms with Crippen LogP contribution in [0.5, 0.6) is 5.75 Å². The zero-order valence-corrected chi connectivity index (χ0v) is 22.1. The van der Waals surface area contributed by atoms with Crippen LogP contribution in [0, 0.1) is 12.7 Å². The van der Waals surface area contributed by atoms with Crippen LogP contribution in [-0.4, -0.2) is 43.4 Å². The van der Waals surface area contributed by atoms with E-state index in [1.807, 2.05) is 31.2 Å². The molecule has 8 nitrogen and oxygen atoms in total. The number of aromatic nitrogens is 4. The van der Waals surface area contributed by atoms with Crippen LogP contribution in [0.2, 0.25) is 5.02 Å². The van der Waals surface area contributed by atoms with Gasteiger partial charge in [-0.15, -0.1) is 10.2 Å². The molecule has 1 amide bonds. The maximum atomic E-state index is 14.0. The third-order valence-corrected chi connectivity index (χ3v) is 6.07. The van der Waals surface area contributed by atoms with Crippen LogP contribution in [-0.2, 0) is 6.42 Å². The number of anilines is 1. The number of nitrogens with one attached hydrogen (secondary N) is 2. The summed E-state index contributed by atoms with van der Waals surface area (Å²) in [6.07, 6.45) is 3.09. The van der Waals surface area contributed by atoms with Gasteiger partial charge in [0.1, 0.15) is 23.2 Å². The molecule has 0 radical (unpaired) electrons. The highest BCUT2D eigenvalue weighted by atomic mass is 35.5. The highest BCUT2D eigenvalue weighted by molar-refractivity contribution is 6.30. The van der Waals surface area contributed by atoms with Crippen molar-refractivity contribution in [1.29, 1.82) is 0 Å². The second-order valence-electron chi connectivity index (χ2n) is 9.66. The Labute approximate surface area is 225 Å². The third-order valence-electron chi connectivity index (χ3n) is 5.84. The van der Waals surface area contributed by atoms with Crippen molar-refractivity contribution in [2.45, 2.75) is 45.6 Å². The first-order valence-corrected chi connectivity index (χ1v) is 12.5. The zero-order valence-electron chi connectivity index (χ0n) is 21.4. The molecule has 0 saturated heterocycles. The predicted octanol–water partition coefficient (Wildman–Crippen LogP) is 5.74. The molecule has 198 valence electrons. The van der Waals surface area contributed by atoms with Gasteiger partial charge >= 0.3 is 0 Å². The van der Waals surface area contributed by atoms with E-state index in [9.17, 15) is 14.3 Å². The summed E-state index contributed by atoms with van der Waals surface area (Å²) in [5, 5.41) is 20.8. The largest absolute Gasteiger partial charge is 0.494 e. The number of pyridine rings is 1. The maximum absolute atomic E-state index is 14.0. The molecule has 2 heterocycles. The first-order chi connectivity index (χ1) is 18.1. The Bertz CT molecular complexity index is 1430. The Morgan fingerprint density at radius 3 is 2.76 bits per heavy atom. The fourth-order valence-electron chi connectivity index (χ4n) is 3.88. The van der Waals surface area contributed by atoms with Crippen molar-refractivity contribution in [2.24, 2.45) is 0 Å². The summed E-state index contributed by atoms with van der Waals surface area (Å²) in [6.45, 7) is 6.04. The highest BCUT2D eigenvalue weighted by Crippen LogP contribution is 2.29. The van der Waals surface area contributed by atoms with Crippen molar-refractivity contribution in [2.75, 3.05) is 11.9 Å². The number of hydrogen-bond acceptors (Lipinski definition) is 6. The Morgan fingerprint density at radius 1 is 1.16 bits per heavy atom. The first-order valence-electron chi connectivity index (χ1n) is 12.2. The Balaban J connectivity index is 1.43. The van der Waals surface area contributed by atoms with Crippen LogP contribution in [0.1, 0.15) is 54.3 Å². The molecule has 0 saturated carbocycles. The number of carbonyl (C=O) groups excluding carboxylic acids is 1. The number of aryl methyl sites for hydroxylation is 1. The molecule has 4 aromatic rings. The molecule has 3 N–H and O–H groups in total. The molecule has 4 rings (SSSR count). The fraction of sp³-hybridized carbons (Fsp3) is 0.286. The van der Waals surface area contributed by atoms with Gasteiger partial charge in [-0.05, 0) is 98.3 Å². The molecule has 2 aromatic carbocycles. The predicted molar refractivity (Wildman–Crippen MR) is 144 cm³/mol. The first kappa shape index (κ1) is 27.2. The summed E-state index contributed by atoms with van der Waals surface area (Å²) in [7, 11) is 0. The number of nitrogens with zero attached hydrogens (tertiary/aromatic N) is 3. The van der Waals surface area contributed by atoms with Gasteiger partial charge in [0.15, 0.2) is 0 Å². The maximum Gasteiger partial charge on any atom is 0.294 e. The van der Waals surface area contributed by atoms with E-state index < -0.39 is 17.3 Å².